The molecular formula is C15H21N5O2S. The highest BCUT2D eigenvalue weighted by atomic mass is 32.1. The number of hydrogen-bond donors (Lipinski definition) is 3. The van der Waals surface area contributed by atoms with Crippen LogP contribution < -0.4 is 10.6 Å². The predicted octanol–water partition coefficient (Wildman–Crippen LogP) is 2.72. The van der Waals surface area contributed by atoms with Crippen molar-refractivity contribution < 1.29 is 9.53 Å². The Kier molecular flexibility index (Phi) is 5.89. The summed E-state index contributed by atoms with van der Waals surface area (Å²) in [7, 11) is 1.79. The van der Waals surface area contributed by atoms with Crippen LogP contribution in [0.5, 0.6) is 0 Å². The van der Waals surface area contributed by atoms with E-state index in [1.807, 2.05) is 38.1 Å². The second-order valence-corrected chi connectivity index (χ2v) is 5.76. The molecule has 1 aromatic carbocycles. The Morgan fingerprint density at radius 1 is 1.48 bits per heavy atom. The van der Waals surface area contributed by atoms with Gasteiger partial charge in [0.25, 0.3) is 0 Å². The molecule has 3 N–H and O–H groups in total. The minimum absolute atomic E-state index is 0.166. The van der Waals surface area contributed by atoms with Gasteiger partial charge in [0, 0.05) is 12.7 Å². The van der Waals surface area contributed by atoms with E-state index in [-0.39, 0.29) is 18.7 Å². The molecule has 124 valence electrons. The molecule has 0 unspecified atom stereocenters. The molecule has 0 aliphatic heterocycles. The highest BCUT2D eigenvalue weighted by molar-refractivity contribution is 7.71. The van der Waals surface area contributed by atoms with Crippen LogP contribution in [0.3, 0.4) is 0 Å². The molecule has 0 aliphatic rings. The van der Waals surface area contributed by atoms with Crippen molar-refractivity contribution in [2.45, 2.75) is 33.1 Å². The Bertz CT molecular complexity index is 723. The highest BCUT2D eigenvalue weighted by Crippen LogP contribution is 2.12. The van der Waals surface area contributed by atoms with Gasteiger partial charge in [-0.25, -0.2) is 4.79 Å². The van der Waals surface area contributed by atoms with E-state index in [4.69, 9.17) is 17.0 Å². The number of nitrogens with one attached hydrogen (secondary N) is 3. The predicted molar refractivity (Wildman–Crippen MR) is 90.6 cm³/mol. The van der Waals surface area contributed by atoms with E-state index < -0.39 is 0 Å². The van der Waals surface area contributed by atoms with Crippen molar-refractivity contribution in [3.8, 4) is 0 Å². The van der Waals surface area contributed by atoms with E-state index in [0.717, 1.165) is 5.56 Å². The van der Waals surface area contributed by atoms with Crippen molar-refractivity contribution in [2.75, 3.05) is 5.32 Å². The van der Waals surface area contributed by atoms with Crippen LogP contribution in [0, 0.1) is 4.77 Å². The van der Waals surface area contributed by atoms with Gasteiger partial charge in [-0.2, -0.15) is 5.10 Å². The van der Waals surface area contributed by atoms with E-state index in [2.05, 4.69) is 20.8 Å². The standard InChI is InChI=1S/C15H21N5O2S/c1-10(2)22-9-11-5-4-6-12(7-11)17-14(21)16-8-13-18-19-15(23)20(13)3/h4-7,10H,8-9H2,1-3H3,(H,19,23)(H2,16,17,21). The van der Waals surface area contributed by atoms with Gasteiger partial charge < -0.3 is 19.9 Å². The summed E-state index contributed by atoms with van der Waals surface area (Å²) < 4.78 is 7.78. The second-order valence-electron chi connectivity index (χ2n) is 5.37. The fourth-order valence-electron chi connectivity index (χ4n) is 1.87. The van der Waals surface area contributed by atoms with Crippen LogP contribution in [0.4, 0.5) is 10.5 Å². The van der Waals surface area contributed by atoms with Gasteiger partial charge in [0.1, 0.15) is 0 Å². The number of hydrogen-bond acceptors (Lipinski definition) is 4. The van der Waals surface area contributed by atoms with Gasteiger partial charge in [-0.15, -0.1) is 0 Å². The minimum atomic E-state index is -0.305. The first-order valence-electron chi connectivity index (χ1n) is 7.31. The Morgan fingerprint density at radius 2 is 2.26 bits per heavy atom. The third kappa shape index (κ3) is 5.19. The monoisotopic (exact) mass is 335 g/mol. The topological polar surface area (TPSA) is 84.0 Å². The van der Waals surface area contributed by atoms with Crippen LogP contribution in [0.25, 0.3) is 0 Å². The third-order valence-electron chi connectivity index (χ3n) is 3.15. The van der Waals surface area contributed by atoms with Crippen LogP contribution in [0.15, 0.2) is 24.3 Å². The number of H-pyrrole nitrogens is 1. The number of anilines is 1. The van der Waals surface area contributed by atoms with E-state index >= 15 is 0 Å². The smallest absolute Gasteiger partial charge is 0.319 e. The zero-order valence-corrected chi connectivity index (χ0v) is 14.2. The minimum Gasteiger partial charge on any atom is -0.374 e. The lowest BCUT2D eigenvalue weighted by atomic mass is 10.2. The van der Waals surface area contributed by atoms with Gasteiger partial charge in [0.15, 0.2) is 10.6 Å². The molecule has 23 heavy (non-hydrogen) atoms. The normalized spacial score (nSPS) is 10.8. The summed E-state index contributed by atoms with van der Waals surface area (Å²) >= 11 is 5.02. The van der Waals surface area contributed by atoms with E-state index in [1.165, 1.54) is 0 Å². The quantitative estimate of drug-likeness (QED) is 0.709. The second kappa shape index (κ2) is 7.89. The molecule has 0 aliphatic carbocycles. The molecule has 0 saturated carbocycles. The summed E-state index contributed by atoms with van der Waals surface area (Å²) in [5, 5.41) is 12.2. The average Bonchev–Trinajstić information content (AvgIpc) is 2.83. The summed E-state index contributed by atoms with van der Waals surface area (Å²) in [4.78, 5) is 12.0. The lowest BCUT2D eigenvalue weighted by molar-refractivity contribution is 0.0657. The zero-order valence-electron chi connectivity index (χ0n) is 13.4. The first kappa shape index (κ1) is 17.2. The molecule has 0 radical (unpaired) electrons. The molecule has 0 atom stereocenters. The molecule has 8 heteroatoms. The van der Waals surface area contributed by atoms with Crippen molar-refractivity contribution >= 4 is 23.9 Å². The molecule has 2 amide bonds. The lowest BCUT2D eigenvalue weighted by Crippen LogP contribution is -2.29. The summed E-state index contributed by atoms with van der Waals surface area (Å²) in [6.45, 7) is 4.77. The maximum absolute atomic E-state index is 12.0. The van der Waals surface area contributed by atoms with Gasteiger partial charge in [0.2, 0.25) is 0 Å². The maximum Gasteiger partial charge on any atom is 0.319 e. The molecule has 0 spiro atoms. The van der Waals surface area contributed by atoms with E-state index in [1.54, 1.807) is 11.6 Å². The fourth-order valence-corrected chi connectivity index (χ4v) is 2.03. The number of amides is 2. The van der Waals surface area contributed by atoms with Crippen molar-refractivity contribution in [1.29, 1.82) is 0 Å². The molecule has 7 nitrogen and oxygen atoms in total. The Balaban J connectivity index is 1.88. The van der Waals surface area contributed by atoms with Crippen molar-refractivity contribution in [2.24, 2.45) is 7.05 Å². The molecule has 1 aromatic heterocycles. The van der Waals surface area contributed by atoms with Gasteiger partial charge in [-0.05, 0) is 43.8 Å². The Hall–Kier alpha value is -2.19. The third-order valence-corrected chi connectivity index (χ3v) is 3.51. The molecule has 2 aromatic rings. The fraction of sp³-hybridized carbons (Fsp3) is 0.400. The number of urea groups is 1. The number of benzene rings is 1. The SMILES string of the molecule is CC(C)OCc1cccc(NC(=O)NCc2n[nH]c(=S)n2C)c1. The maximum atomic E-state index is 12.0. The number of carbonyl (C=O) groups is 1. The van der Waals surface area contributed by atoms with Gasteiger partial charge >= 0.3 is 6.03 Å². The number of aromatic nitrogens is 3. The van der Waals surface area contributed by atoms with Crippen molar-refractivity contribution in [3.05, 3.63) is 40.4 Å². The lowest BCUT2D eigenvalue weighted by Gasteiger charge is -2.10. The largest absolute Gasteiger partial charge is 0.374 e. The molecule has 0 saturated heterocycles. The van der Waals surface area contributed by atoms with Crippen molar-refractivity contribution in [3.63, 3.8) is 0 Å². The number of nitrogens with zero attached hydrogens (tertiary/aromatic N) is 2. The molecule has 1 heterocycles. The highest BCUT2D eigenvalue weighted by Gasteiger charge is 2.06. The summed E-state index contributed by atoms with van der Waals surface area (Å²) in [5.41, 5.74) is 1.72. The van der Waals surface area contributed by atoms with Crippen LogP contribution in [0.2, 0.25) is 0 Å². The zero-order chi connectivity index (χ0) is 16.8. The van der Waals surface area contributed by atoms with Crippen LogP contribution in [-0.4, -0.2) is 26.9 Å². The molecule has 0 bridgehead atoms. The summed E-state index contributed by atoms with van der Waals surface area (Å²) in [5.74, 6) is 0.657. The average molecular weight is 335 g/mol. The van der Waals surface area contributed by atoms with Crippen LogP contribution in [0.1, 0.15) is 25.2 Å². The van der Waals surface area contributed by atoms with E-state index in [0.29, 0.717) is 22.9 Å². The number of rotatable bonds is 6. The molecule has 2 rings (SSSR count). The van der Waals surface area contributed by atoms with Gasteiger partial charge in [0.05, 0.1) is 19.3 Å². The molecular weight excluding hydrogens is 314 g/mol. The molecule has 0 fully saturated rings. The van der Waals surface area contributed by atoms with Gasteiger partial charge in [-0.3, -0.25) is 5.10 Å². The number of carbonyl (C=O) groups excluding carboxylic acids is 1. The number of ether oxygens (including phenoxy) is 1. The van der Waals surface area contributed by atoms with Crippen LogP contribution >= 0.6 is 12.2 Å². The van der Waals surface area contributed by atoms with Gasteiger partial charge in [-0.1, -0.05) is 12.1 Å². The Morgan fingerprint density at radius 3 is 2.91 bits per heavy atom. The Labute approximate surface area is 140 Å². The first-order valence-corrected chi connectivity index (χ1v) is 7.72. The summed E-state index contributed by atoms with van der Waals surface area (Å²) in [6, 6.07) is 7.25. The summed E-state index contributed by atoms with van der Waals surface area (Å²) in [6.07, 6.45) is 0.166. The van der Waals surface area contributed by atoms with Crippen molar-refractivity contribution in [1.82, 2.24) is 20.1 Å². The van der Waals surface area contributed by atoms with E-state index in [9.17, 15) is 4.79 Å². The first-order chi connectivity index (χ1) is 11.0. The number of aromatic amines is 1. The van der Waals surface area contributed by atoms with Crippen LogP contribution in [-0.2, 0) is 24.9 Å².